The van der Waals surface area contributed by atoms with Gasteiger partial charge in [0.15, 0.2) is 37.0 Å². The number of halogens is 1. The summed E-state index contributed by atoms with van der Waals surface area (Å²) in [6.45, 7) is 4.97. The lowest BCUT2D eigenvalue weighted by Gasteiger charge is -2.50. The number of phenols is 2. The molecule has 6 aliphatic rings. The molecule has 0 aliphatic carbocycles. The fraction of sp³-hybridized carbons (Fsp3) is 0.629. The Labute approximate surface area is 551 Å². The van der Waals surface area contributed by atoms with Gasteiger partial charge in [-0.1, -0.05) is 65.2 Å². The van der Waals surface area contributed by atoms with Crippen molar-refractivity contribution in [2.75, 3.05) is 103 Å². The number of phenolic OH excluding ortho intramolecular Hbond substituents is 2. The molecule has 12 N–H and O–H groups in total. The van der Waals surface area contributed by atoms with E-state index in [2.05, 4.69) is 21.3 Å². The lowest BCUT2D eigenvalue weighted by atomic mass is 9.90. The molecule has 0 aromatic heterocycles. The Kier molecular flexibility index (Phi) is 23.4. The monoisotopic (exact) mass is 1360 g/mol. The zero-order valence-corrected chi connectivity index (χ0v) is 54.9. The zero-order valence-electron chi connectivity index (χ0n) is 52.5. The number of nitrogens with one attached hydrogen (secondary N) is 4. The minimum Gasteiger partial charge on any atom is -0.508 e. The standard InChI is InChI=1S/C62H84ClN9O19S2/c1-36(2)20-41-24-44(74)28-64-58(88)42(21-39-6-10-50(76)46(63)22-39)26-52(78)49-27-45(75)29-68(49)61(91)48(35-93-92-34-37(3)65-60(41)90)67-59(89)40(7-11-54(80)81)25-51(77)47(23-38-4-8-43(73)9-5-38)66-53(79)30-69-12-14-70(31-55(82)83)16-18-72(33-57(86)87)19-17-71(15-13-69,32-56(84)85)62(69,70)72/h4-6,8-10,22,36-37,40-42,45,47-49,55,75,82-83H,7,11-21,23-35H2,1-3H3,(H5-4,64,65,66,67,73,76,79,80,81,84,85,86,87,88,89,90)/p+4/t37-,40+,41-,42-,45-,47+,48+,49-,62+,69?,70?,71+,72?/m1/s1. The van der Waals surface area contributed by atoms with E-state index in [0.29, 0.717) is 17.5 Å². The molecule has 3 unspecified atom stereocenters. The van der Waals surface area contributed by atoms with Crippen LogP contribution in [0.4, 0.5) is 0 Å². The summed E-state index contributed by atoms with van der Waals surface area (Å²) in [5.41, 5.74) is 0.874. The van der Waals surface area contributed by atoms with E-state index >= 15 is 14.4 Å². The Morgan fingerprint density at radius 3 is 1.94 bits per heavy atom. The van der Waals surface area contributed by atoms with Crippen molar-refractivity contribution in [2.24, 2.45) is 23.7 Å². The first-order valence-electron chi connectivity index (χ1n) is 31.6. The Morgan fingerprint density at radius 1 is 0.763 bits per heavy atom. The van der Waals surface area contributed by atoms with Crippen molar-refractivity contribution in [2.45, 2.75) is 121 Å². The molecule has 2 aromatic carbocycles. The molecule has 28 nitrogen and oxygen atoms in total. The number of rotatable bonds is 23. The van der Waals surface area contributed by atoms with Gasteiger partial charge >= 0.3 is 23.8 Å². The predicted octanol–water partition coefficient (Wildman–Crippen LogP) is -0.466. The number of amides is 5. The van der Waals surface area contributed by atoms with E-state index in [4.69, 9.17) is 11.6 Å². The maximum Gasteiger partial charge on any atom is 0.483 e. The molecule has 6 aliphatic heterocycles. The highest BCUT2D eigenvalue weighted by Gasteiger charge is 2.99. The highest BCUT2D eigenvalue weighted by molar-refractivity contribution is 8.76. The third kappa shape index (κ3) is 15.9. The fourth-order valence-electron chi connectivity index (χ4n) is 16.3. The summed E-state index contributed by atoms with van der Waals surface area (Å²) in [5.74, 6) is -14.3. The van der Waals surface area contributed by atoms with Crippen LogP contribution >= 0.6 is 33.2 Å². The third-order valence-electron chi connectivity index (χ3n) is 19.8. The molecule has 0 saturated carbocycles. The van der Waals surface area contributed by atoms with Gasteiger partial charge in [0.25, 0.3) is 5.91 Å². The number of fused-ring (bicyclic) bond motifs is 1. The summed E-state index contributed by atoms with van der Waals surface area (Å²) in [4.78, 5) is 156. The van der Waals surface area contributed by atoms with Crippen molar-refractivity contribution in [3.05, 3.63) is 58.6 Å². The number of nitrogens with zero attached hydrogens (tertiary/aromatic N) is 5. The molecule has 510 valence electrons. The van der Waals surface area contributed by atoms with Gasteiger partial charge in [0.05, 0.1) is 29.8 Å². The lowest BCUT2D eigenvalue weighted by molar-refractivity contribution is -1.36. The van der Waals surface area contributed by atoms with E-state index in [1.807, 2.05) is 13.8 Å². The summed E-state index contributed by atoms with van der Waals surface area (Å²) < 4.78 is -0.455. The number of hydrogen-bond donors (Lipinski definition) is 12. The van der Waals surface area contributed by atoms with Gasteiger partial charge in [0.1, 0.15) is 76.4 Å². The number of aliphatic hydroxyl groups excluding tert-OH is 2. The number of hydrogen-bond acceptors (Lipinski definition) is 18. The first-order valence-corrected chi connectivity index (χ1v) is 34.4. The number of aliphatic hydroxyl groups is 3. The molecule has 6 fully saturated rings. The van der Waals surface area contributed by atoms with E-state index < -0.39 is 177 Å². The number of aliphatic carboxylic acids is 3. The molecule has 6 heterocycles. The highest BCUT2D eigenvalue weighted by atomic mass is 35.5. The molecule has 2 aromatic rings. The molecule has 93 heavy (non-hydrogen) atoms. The Morgan fingerprint density at radius 2 is 1.35 bits per heavy atom. The molecule has 31 heteroatoms. The predicted molar refractivity (Wildman–Crippen MR) is 335 cm³/mol. The Hall–Kier alpha value is -6.48. The SMILES string of the molecule is CC(C)C[C@@H]1CC(=O)CNC(=O)[C@H](Cc2ccc(O)c(Cl)c2)CC(=O)[C@H]2C[C@@H](O)CN2C(=O)[C@@H](NC(=O)[C@@H](CCC(=O)O)CC(=O)[C@H](Cc2ccc(O)cc2)NC(=O)C[N+]23CC[N+]4(CC(O)O)CC[N+]5(CC(=O)O)CC[N@+](CC(=O)O)(CC2)[C@]534)CSSC[C@@H](C)NC1=O. The van der Waals surface area contributed by atoms with Crippen LogP contribution in [0, 0.1) is 23.7 Å². The zero-order chi connectivity index (χ0) is 68.0. The Balaban J connectivity index is 1.09. The van der Waals surface area contributed by atoms with E-state index in [0.717, 1.165) is 15.7 Å². The van der Waals surface area contributed by atoms with Gasteiger partial charge in [-0.05, 0) is 73.9 Å². The van der Waals surface area contributed by atoms with Crippen molar-refractivity contribution >= 4 is 98.0 Å². The van der Waals surface area contributed by atoms with Crippen LogP contribution in [-0.4, -0.2) is 274 Å². The molecular formula is C62H88ClN9O19S2+4. The number of ketones is 3. The number of carbonyl (C=O) groups is 11. The van der Waals surface area contributed by atoms with Crippen LogP contribution in [0.5, 0.6) is 11.5 Å². The number of carboxylic acids is 3. The second kappa shape index (κ2) is 30.1. The van der Waals surface area contributed by atoms with Crippen LogP contribution < -0.4 is 21.3 Å². The minimum absolute atomic E-state index is 0.00296. The van der Waals surface area contributed by atoms with E-state index in [-0.39, 0.29) is 143 Å². The van der Waals surface area contributed by atoms with Crippen molar-refractivity contribution in [1.29, 1.82) is 0 Å². The highest BCUT2D eigenvalue weighted by Crippen LogP contribution is 2.62. The van der Waals surface area contributed by atoms with Crippen LogP contribution in [0.25, 0.3) is 0 Å². The van der Waals surface area contributed by atoms with E-state index in [1.165, 1.54) is 53.3 Å². The maximum absolute atomic E-state index is 15.1. The smallest absolute Gasteiger partial charge is 0.483 e. The lowest BCUT2D eigenvalue weighted by Crippen LogP contribution is -2.86. The number of Topliss-reactive ketones (excluding diaryl/α,β-unsaturated/α-hetero) is 3. The third-order valence-corrected chi connectivity index (χ3v) is 22.7. The minimum atomic E-state index is -1.88. The molecule has 5 amide bonds. The second-order valence-corrected chi connectivity index (χ2v) is 29.7. The maximum atomic E-state index is 15.1. The molecule has 13 atom stereocenters. The molecule has 8 rings (SSSR count). The molecule has 6 saturated heterocycles. The van der Waals surface area contributed by atoms with Crippen LogP contribution in [0.3, 0.4) is 0 Å². The average molecular weight is 1360 g/mol. The number of aromatic hydroxyl groups is 2. The number of quaternary nitrogens is 4. The molecule has 0 bridgehead atoms. The summed E-state index contributed by atoms with van der Waals surface area (Å²) in [6, 6.07) is 5.13. The summed E-state index contributed by atoms with van der Waals surface area (Å²) in [7, 11) is 2.34. The van der Waals surface area contributed by atoms with Crippen molar-refractivity contribution in [1.82, 2.24) is 26.2 Å². The number of benzene rings is 2. The van der Waals surface area contributed by atoms with Gasteiger partial charge in [-0.25, -0.2) is 9.59 Å². The van der Waals surface area contributed by atoms with Crippen molar-refractivity contribution < 1.29 is 112 Å². The topological polar surface area (TPSA) is 401 Å². The van der Waals surface area contributed by atoms with Crippen LogP contribution in [-0.2, 0) is 65.6 Å². The van der Waals surface area contributed by atoms with Gasteiger partial charge in [-0.3, -0.25) is 43.2 Å². The average Bonchev–Trinajstić information content (AvgIpc) is 1.45. The first kappa shape index (κ1) is 72.4. The van der Waals surface area contributed by atoms with Gasteiger partial charge < -0.3 is 67.0 Å². The molecular weight excluding hydrogens is 1270 g/mol. The second-order valence-electron chi connectivity index (χ2n) is 26.8. The van der Waals surface area contributed by atoms with Crippen molar-refractivity contribution in [3.8, 4) is 11.5 Å². The largest absolute Gasteiger partial charge is 0.508 e. The molecule has 0 radical (unpaired) electrons. The van der Waals surface area contributed by atoms with Gasteiger partial charge in [-0.2, -0.15) is 4.48 Å². The van der Waals surface area contributed by atoms with Crippen LogP contribution in [0.15, 0.2) is 42.5 Å². The summed E-state index contributed by atoms with van der Waals surface area (Å²) in [6.07, 6.45) is -5.93. The number of carboxylic acid groups (broad SMARTS) is 3. The van der Waals surface area contributed by atoms with Crippen LogP contribution in [0.1, 0.15) is 76.8 Å². The Bertz CT molecular complexity index is 3180. The molecule has 1 spiro atoms. The normalized spacial score (nSPS) is 30.8. The first-order chi connectivity index (χ1) is 43.9. The van der Waals surface area contributed by atoms with E-state index in [1.54, 1.807) is 6.92 Å². The fourth-order valence-corrected chi connectivity index (χ4v) is 18.9. The number of carbonyl (C=O) groups excluding carboxylic acids is 8. The van der Waals surface area contributed by atoms with E-state index in [9.17, 15) is 79.2 Å². The summed E-state index contributed by atoms with van der Waals surface area (Å²) >= 11 is 6.24. The van der Waals surface area contributed by atoms with Gasteiger partial charge in [0, 0.05) is 74.0 Å². The quantitative estimate of drug-likeness (QED) is 0.0380. The van der Waals surface area contributed by atoms with Gasteiger partial charge in [0.2, 0.25) is 29.9 Å². The van der Waals surface area contributed by atoms with Crippen LogP contribution in [0.2, 0.25) is 5.02 Å². The van der Waals surface area contributed by atoms with Crippen molar-refractivity contribution in [3.63, 3.8) is 0 Å². The van der Waals surface area contributed by atoms with Gasteiger partial charge in [-0.15, -0.1) is 13.4 Å². The summed E-state index contributed by atoms with van der Waals surface area (Å²) in [5, 5.41) is 95.1.